The largest absolute Gasteiger partial charge is 0.416 e. The Labute approximate surface area is 189 Å². The second-order valence-electron chi connectivity index (χ2n) is 10.1. The first-order valence-electron chi connectivity index (χ1n) is 12.3. The SMILES string of the molecule is CCCC/C(CC)=C(\CCCC)[C@@H](NCCO[Si](C)(C)C(C)(C)C)c1ccccc1. The molecule has 0 unspecified atom stereocenters. The Morgan fingerprint density at radius 1 is 0.967 bits per heavy atom. The smallest absolute Gasteiger partial charge is 0.192 e. The van der Waals surface area contributed by atoms with Crippen molar-refractivity contribution < 1.29 is 4.43 Å². The predicted molar refractivity (Wildman–Crippen MR) is 137 cm³/mol. The van der Waals surface area contributed by atoms with E-state index in [4.69, 9.17) is 4.43 Å². The van der Waals surface area contributed by atoms with Crippen LogP contribution in [0.1, 0.15) is 98.1 Å². The molecule has 30 heavy (non-hydrogen) atoms. The van der Waals surface area contributed by atoms with Crippen molar-refractivity contribution in [2.24, 2.45) is 0 Å². The number of rotatable bonds is 14. The molecule has 0 fully saturated rings. The van der Waals surface area contributed by atoms with E-state index in [-0.39, 0.29) is 5.04 Å². The summed E-state index contributed by atoms with van der Waals surface area (Å²) in [4.78, 5) is 0. The first-order chi connectivity index (χ1) is 14.2. The molecule has 1 aromatic rings. The Balaban J connectivity index is 3.06. The van der Waals surface area contributed by atoms with Gasteiger partial charge < -0.3 is 9.74 Å². The van der Waals surface area contributed by atoms with Crippen LogP contribution in [-0.2, 0) is 4.43 Å². The zero-order chi connectivity index (χ0) is 22.6. The summed E-state index contributed by atoms with van der Waals surface area (Å²) in [6.07, 6.45) is 8.63. The fourth-order valence-electron chi connectivity index (χ4n) is 3.66. The Morgan fingerprint density at radius 2 is 1.57 bits per heavy atom. The van der Waals surface area contributed by atoms with E-state index in [0.717, 1.165) is 19.6 Å². The molecule has 172 valence electrons. The number of benzene rings is 1. The van der Waals surface area contributed by atoms with Crippen LogP contribution in [-0.4, -0.2) is 21.5 Å². The molecule has 0 aliphatic heterocycles. The molecule has 0 saturated carbocycles. The van der Waals surface area contributed by atoms with E-state index >= 15 is 0 Å². The Morgan fingerprint density at radius 3 is 2.10 bits per heavy atom. The second kappa shape index (κ2) is 13.5. The zero-order valence-corrected chi connectivity index (χ0v) is 22.2. The van der Waals surface area contributed by atoms with Crippen molar-refractivity contribution in [2.45, 2.75) is 111 Å². The van der Waals surface area contributed by atoms with E-state index in [9.17, 15) is 0 Å². The summed E-state index contributed by atoms with van der Waals surface area (Å²) in [5, 5.41) is 4.16. The van der Waals surface area contributed by atoms with E-state index in [2.05, 4.69) is 90.3 Å². The minimum atomic E-state index is -1.70. The summed E-state index contributed by atoms with van der Waals surface area (Å²) in [5.74, 6) is 0. The third-order valence-electron chi connectivity index (χ3n) is 6.71. The normalized spacial score (nSPS) is 14.5. The first kappa shape index (κ1) is 27.1. The van der Waals surface area contributed by atoms with Gasteiger partial charge in [-0.1, -0.05) is 90.3 Å². The highest BCUT2D eigenvalue weighted by molar-refractivity contribution is 6.74. The highest BCUT2D eigenvalue weighted by Gasteiger charge is 2.36. The molecular formula is C27H49NOSi. The van der Waals surface area contributed by atoms with Gasteiger partial charge in [0.15, 0.2) is 8.32 Å². The molecule has 0 aromatic heterocycles. The quantitative estimate of drug-likeness (QED) is 0.181. The van der Waals surface area contributed by atoms with E-state index < -0.39 is 8.32 Å². The first-order valence-corrected chi connectivity index (χ1v) is 15.2. The van der Waals surface area contributed by atoms with Gasteiger partial charge in [-0.05, 0) is 61.4 Å². The van der Waals surface area contributed by atoms with E-state index in [0.29, 0.717) is 6.04 Å². The molecule has 1 aromatic carbocycles. The fraction of sp³-hybridized carbons (Fsp3) is 0.704. The van der Waals surface area contributed by atoms with Gasteiger partial charge in [-0.25, -0.2) is 0 Å². The molecule has 3 heteroatoms. The number of allylic oxidation sites excluding steroid dienone is 1. The van der Waals surface area contributed by atoms with Crippen LogP contribution in [0.2, 0.25) is 18.1 Å². The molecule has 0 aliphatic rings. The van der Waals surface area contributed by atoms with Crippen LogP contribution >= 0.6 is 0 Å². The molecule has 0 radical (unpaired) electrons. The minimum Gasteiger partial charge on any atom is -0.416 e. The van der Waals surface area contributed by atoms with Gasteiger partial charge in [-0.2, -0.15) is 0 Å². The van der Waals surface area contributed by atoms with Gasteiger partial charge in [0.05, 0.1) is 6.04 Å². The second-order valence-corrected chi connectivity index (χ2v) is 14.9. The molecule has 0 bridgehead atoms. The molecule has 0 heterocycles. The Bertz CT molecular complexity index is 616. The summed E-state index contributed by atoms with van der Waals surface area (Å²) in [6, 6.07) is 11.3. The monoisotopic (exact) mass is 431 g/mol. The molecule has 0 amide bonds. The van der Waals surface area contributed by atoms with Crippen molar-refractivity contribution in [1.29, 1.82) is 0 Å². The number of unbranched alkanes of at least 4 members (excludes halogenated alkanes) is 2. The third kappa shape index (κ3) is 8.68. The van der Waals surface area contributed by atoms with Crippen molar-refractivity contribution in [1.82, 2.24) is 5.32 Å². The number of hydrogen-bond acceptors (Lipinski definition) is 2. The van der Waals surface area contributed by atoms with Crippen LogP contribution in [0.25, 0.3) is 0 Å². The van der Waals surface area contributed by atoms with Crippen LogP contribution in [0.3, 0.4) is 0 Å². The summed E-state index contributed by atoms with van der Waals surface area (Å²) >= 11 is 0. The van der Waals surface area contributed by atoms with Gasteiger partial charge in [0.2, 0.25) is 0 Å². The van der Waals surface area contributed by atoms with Gasteiger partial charge in [0, 0.05) is 13.2 Å². The zero-order valence-electron chi connectivity index (χ0n) is 21.2. The lowest BCUT2D eigenvalue weighted by Crippen LogP contribution is -2.42. The molecule has 0 spiro atoms. The maximum Gasteiger partial charge on any atom is 0.192 e. The van der Waals surface area contributed by atoms with Gasteiger partial charge >= 0.3 is 0 Å². The molecule has 1 N–H and O–H groups in total. The maximum atomic E-state index is 6.45. The fourth-order valence-corrected chi connectivity index (χ4v) is 4.71. The van der Waals surface area contributed by atoms with Crippen molar-refractivity contribution in [2.75, 3.05) is 13.2 Å². The van der Waals surface area contributed by atoms with Gasteiger partial charge in [0.1, 0.15) is 0 Å². The topological polar surface area (TPSA) is 21.3 Å². The molecule has 1 rings (SSSR count). The highest BCUT2D eigenvalue weighted by atomic mass is 28.4. The molecule has 2 nitrogen and oxygen atoms in total. The van der Waals surface area contributed by atoms with Gasteiger partial charge in [-0.15, -0.1) is 0 Å². The van der Waals surface area contributed by atoms with Crippen molar-refractivity contribution in [3.8, 4) is 0 Å². The van der Waals surface area contributed by atoms with Crippen LogP contribution in [0.15, 0.2) is 41.5 Å². The highest BCUT2D eigenvalue weighted by Crippen LogP contribution is 2.36. The Kier molecular flexibility index (Phi) is 12.2. The average Bonchev–Trinajstić information content (AvgIpc) is 2.71. The maximum absolute atomic E-state index is 6.45. The Hall–Kier alpha value is -0.903. The van der Waals surface area contributed by atoms with Crippen molar-refractivity contribution in [3.05, 3.63) is 47.0 Å². The van der Waals surface area contributed by atoms with Crippen LogP contribution in [0.5, 0.6) is 0 Å². The molecule has 0 aliphatic carbocycles. The summed E-state index contributed by atoms with van der Waals surface area (Å²) < 4.78 is 6.45. The van der Waals surface area contributed by atoms with Crippen molar-refractivity contribution in [3.63, 3.8) is 0 Å². The van der Waals surface area contributed by atoms with Gasteiger partial charge in [0.25, 0.3) is 0 Å². The lowest BCUT2D eigenvalue weighted by molar-refractivity contribution is 0.281. The van der Waals surface area contributed by atoms with E-state index in [1.165, 1.54) is 44.1 Å². The average molecular weight is 432 g/mol. The molecular weight excluding hydrogens is 382 g/mol. The van der Waals surface area contributed by atoms with Crippen molar-refractivity contribution >= 4 is 8.32 Å². The molecule has 0 saturated heterocycles. The van der Waals surface area contributed by atoms with E-state index in [1.54, 1.807) is 11.1 Å². The summed E-state index contributed by atoms with van der Waals surface area (Å²) in [7, 11) is -1.70. The lowest BCUT2D eigenvalue weighted by atomic mass is 9.87. The summed E-state index contributed by atoms with van der Waals surface area (Å²) in [5.41, 5.74) is 4.68. The number of nitrogens with one attached hydrogen (secondary N) is 1. The third-order valence-corrected chi connectivity index (χ3v) is 11.3. The molecule has 1 atom stereocenters. The van der Waals surface area contributed by atoms with E-state index in [1.807, 2.05) is 0 Å². The minimum absolute atomic E-state index is 0.257. The van der Waals surface area contributed by atoms with Crippen LogP contribution in [0.4, 0.5) is 0 Å². The lowest BCUT2D eigenvalue weighted by Gasteiger charge is -2.36. The predicted octanol–water partition coefficient (Wildman–Crippen LogP) is 8.43. The van der Waals surface area contributed by atoms with Crippen LogP contribution in [0, 0.1) is 0 Å². The van der Waals surface area contributed by atoms with Crippen LogP contribution < -0.4 is 5.32 Å². The summed E-state index contributed by atoms with van der Waals surface area (Å²) in [6.45, 7) is 20.2. The number of hydrogen-bond donors (Lipinski definition) is 1. The van der Waals surface area contributed by atoms with Gasteiger partial charge in [-0.3, -0.25) is 0 Å². The standard InChI is InChI=1S/C27H49NOSi/c1-9-12-17-23(11-3)25(20-13-10-2)26(24-18-15-14-16-19-24)28-21-22-29-30(7,8)27(4,5)6/h14-16,18-19,26,28H,9-13,17,20-22H2,1-8H3/b25-23+/t26-/m0/s1.